The summed E-state index contributed by atoms with van der Waals surface area (Å²) in [6.07, 6.45) is 2.55. The molecule has 0 spiro atoms. The van der Waals surface area contributed by atoms with E-state index in [1.165, 1.54) is 0 Å². The fourth-order valence-corrected chi connectivity index (χ4v) is 4.53. The fourth-order valence-electron chi connectivity index (χ4n) is 4.53. The zero-order valence-electron chi connectivity index (χ0n) is 19.9. The molecule has 3 rings (SSSR count). The van der Waals surface area contributed by atoms with Crippen LogP contribution in [0.25, 0.3) is 0 Å². The number of hydrogen-bond donors (Lipinski definition) is 2. The Bertz CT molecular complexity index is 741. The van der Waals surface area contributed by atoms with Crippen LogP contribution in [-0.2, 0) is 9.47 Å². The van der Waals surface area contributed by atoms with E-state index < -0.39 is 5.60 Å². The maximum Gasteiger partial charge on any atom is 0.407 e. The van der Waals surface area contributed by atoms with Gasteiger partial charge in [0.2, 0.25) is 0 Å². The molecule has 2 amide bonds. The van der Waals surface area contributed by atoms with E-state index >= 15 is 0 Å². The van der Waals surface area contributed by atoms with Crippen LogP contribution in [0.5, 0.6) is 0 Å². The second-order valence-corrected chi connectivity index (χ2v) is 10.1. The molecule has 2 aliphatic rings. The molecule has 2 saturated heterocycles. The van der Waals surface area contributed by atoms with Gasteiger partial charge in [0.1, 0.15) is 5.60 Å². The first-order chi connectivity index (χ1) is 15.2. The lowest BCUT2D eigenvalue weighted by Gasteiger charge is -2.38. The molecule has 0 radical (unpaired) electrons. The van der Waals surface area contributed by atoms with Gasteiger partial charge in [0.05, 0.1) is 6.61 Å². The summed E-state index contributed by atoms with van der Waals surface area (Å²) in [6.45, 7) is 11.5. The normalized spacial score (nSPS) is 23.4. The molecule has 1 aromatic carbocycles. The van der Waals surface area contributed by atoms with Crippen LogP contribution in [0.1, 0.15) is 57.3 Å². The number of piperidine rings is 1. The van der Waals surface area contributed by atoms with E-state index in [0.29, 0.717) is 12.5 Å². The zero-order valence-corrected chi connectivity index (χ0v) is 19.9. The molecule has 3 atom stereocenters. The Kier molecular flexibility index (Phi) is 8.54. The fraction of sp³-hybridized carbons (Fsp3) is 0.680. The van der Waals surface area contributed by atoms with Gasteiger partial charge in [0, 0.05) is 43.3 Å². The predicted octanol–water partition coefficient (Wildman–Crippen LogP) is 3.45. The molecule has 178 valence electrons. The van der Waals surface area contributed by atoms with E-state index in [0.717, 1.165) is 51.1 Å². The van der Waals surface area contributed by atoms with Gasteiger partial charge in [-0.1, -0.05) is 18.2 Å². The van der Waals surface area contributed by atoms with Gasteiger partial charge in [-0.2, -0.15) is 0 Å². The Labute approximate surface area is 192 Å². The molecule has 1 aromatic rings. The van der Waals surface area contributed by atoms with Crippen molar-refractivity contribution in [3.05, 3.63) is 35.9 Å². The van der Waals surface area contributed by atoms with E-state index in [1.807, 2.05) is 62.9 Å². The zero-order chi connectivity index (χ0) is 23.1. The summed E-state index contributed by atoms with van der Waals surface area (Å²) in [7, 11) is 0. The van der Waals surface area contributed by atoms with Gasteiger partial charge in [0.25, 0.3) is 5.91 Å². The summed E-state index contributed by atoms with van der Waals surface area (Å²) in [5.74, 6) is 0.868. The Morgan fingerprint density at radius 2 is 1.84 bits per heavy atom. The maximum absolute atomic E-state index is 12.7. The molecule has 2 fully saturated rings. The third-order valence-corrected chi connectivity index (χ3v) is 6.38. The van der Waals surface area contributed by atoms with Crippen molar-refractivity contribution in [3.63, 3.8) is 0 Å². The van der Waals surface area contributed by atoms with Gasteiger partial charge in [-0.05, 0) is 71.6 Å². The van der Waals surface area contributed by atoms with Crippen molar-refractivity contribution < 1.29 is 19.1 Å². The van der Waals surface area contributed by atoms with E-state index in [-0.39, 0.29) is 30.0 Å². The number of carbonyl (C=O) groups is 2. The van der Waals surface area contributed by atoms with Crippen LogP contribution in [0.3, 0.4) is 0 Å². The van der Waals surface area contributed by atoms with E-state index in [2.05, 4.69) is 10.6 Å². The van der Waals surface area contributed by atoms with Gasteiger partial charge in [-0.25, -0.2) is 4.79 Å². The molecule has 32 heavy (non-hydrogen) atoms. The molecular formula is C25H39N3O4. The third kappa shape index (κ3) is 7.20. The number of hydrogen-bond acceptors (Lipinski definition) is 5. The largest absolute Gasteiger partial charge is 0.444 e. The lowest BCUT2D eigenvalue weighted by molar-refractivity contribution is 0.0111. The predicted molar refractivity (Wildman–Crippen MR) is 125 cm³/mol. The Hall–Kier alpha value is -2.12. The van der Waals surface area contributed by atoms with Crippen molar-refractivity contribution in [3.8, 4) is 0 Å². The highest BCUT2D eigenvalue weighted by molar-refractivity contribution is 5.94. The second kappa shape index (κ2) is 11.1. The van der Waals surface area contributed by atoms with Crippen molar-refractivity contribution in [2.24, 2.45) is 11.8 Å². The minimum absolute atomic E-state index is 0.0482. The molecule has 2 N–H and O–H groups in total. The van der Waals surface area contributed by atoms with Crippen LogP contribution in [-0.4, -0.2) is 67.4 Å². The van der Waals surface area contributed by atoms with Crippen molar-refractivity contribution in [2.75, 3.05) is 32.8 Å². The first kappa shape index (κ1) is 24.5. The Morgan fingerprint density at radius 3 is 2.50 bits per heavy atom. The van der Waals surface area contributed by atoms with Crippen molar-refractivity contribution in [1.29, 1.82) is 0 Å². The number of carbonyl (C=O) groups excluding carboxylic acids is 2. The number of nitrogens with one attached hydrogen (secondary N) is 2. The minimum Gasteiger partial charge on any atom is -0.444 e. The smallest absolute Gasteiger partial charge is 0.407 e. The molecule has 2 aliphatic heterocycles. The molecule has 2 heterocycles. The summed E-state index contributed by atoms with van der Waals surface area (Å²) in [6, 6.07) is 9.76. The lowest BCUT2D eigenvalue weighted by atomic mass is 9.88. The number of alkyl carbamates (subject to hydrolysis) is 1. The average molecular weight is 446 g/mol. The van der Waals surface area contributed by atoms with Crippen LogP contribution in [0, 0.1) is 11.8 Å². The van der Waals surface area contributed by atoms with Gasteiger partial charge in [-0.15, -0.1) is 0 Å². The quantitative estimate of drug-likeness (QED) is 0.701. The number of amides is 2. The molecular weight excluding hydrogens is 406 g/mol. The molecule has 7 heteroatoms. The van der Waals surface area contributed by atoms with Crippen LogP contribution < -0.4 is 10.6 Å². The number of rotatable bonds is 6. The highest BCUT2D eigenvalue weighted by Gasteiger charge is 2.33. The number of ether oxygens (including phenoxy) is 2. The summed E-state index contributed by atoms with van der Waals surface area (Å²) in [4.78, 5) is 26.8. The number of benzene rings is 1. The molecule has 0 saturated carbocycles. The molecule has 0 aliphatic carbocycles. The molecule has 0 aromatic heterocycles. The maximum atomic E-state index is 12.7. The van der Waals surface area contributed by atoms with E-state index in [4.69, 9.17) is 9.47 Å². The SMILES string of the molecule is CC(NC(=O)OC(C)(C)C)C1COCCC1NCC1CCN(C(=O)c2ccccc2)CC1. The number of likely N-dealkylation sites (tertiary alicyclic amines) is 1. The summed E-state index contributed by atoms with van der Waals surface area (Å²) < 4.78 is 11.1. The van der Waals surface area contributed by atoms with Gasteiger partial charge < -0.3 is 25.0 Å². The molecule has 3 unspecified atom stereocenters. The highest BCUT2D eigenvalue weighted by Crippen LogP contribution is 2.22. The summed E-state index contributed by atoms with van der Waals surface area (Å²) in [5.41, 5.74) is 0.252. The number of nitrogens with zero attached hydrogens (tertiary/aromatic N) is 1. The van der Waals surface area contributed by atoms with Crippen molar-refractivity contribution >= 4 is 12.0 Å². The van der Waals surface area contributed by atoms with Crippen molar-refractivity contribution in [1.82, 2.24) is 15.5 Å². The van der Waals surface area contributed by atoms with E-state index in [9.17, 15) is 9.59 Å². The van der Waals surface area contributed by atoms with Crippen molar-refractivity contribution in [2.45, 2.75) is 64.6 Å². The summed E-state index contributed by atoms with van der Waals surface area (Å²) in [5, 5.41) is 6.73. The van der Waals surface area contributed by atoms with Crippen LogP contribution in [0.4, 0.5) is 4.79 Å². The lowest BCUT2D eigenvalue weighted by Crippen LogP contribution is -2.54. The minimum atomic E-state index is -0.513. The van der Waals surface area contributed by atoms with Crippen LogP contribution in [0.2, 0.25) is 0 Å². The first-order valence-corrected chi connectivity index (χ1v) is 11.9. The van der Waals surface area contributed by atoms with Crippen LogP contribution >= 0.6 is 0 Å². The summed E-state index contributed by atoms with van der Waals surface area (Å²) >= 11 is 0. The Balaban J connectivity index is 1.45. The highest BCUT2D eigenvalue weighted by atomic mass is 16.6. The third-order valence-electron chi connectivity index (χ3n) is 6.38. The van der Waals surface area contributed by atoms with Gasteiger partial charge in [0.15, 0.2) is 0 Å². The van der Waals surface area contributed by atoms with Crippen LogP contribution in [0.15, 0.2) is 30.3 Å². The second-order valence-electron chi connectivity index (χ2n) is 10.1. The standard InChI is InChI=1S/C25H39N3O4/c1-18(27-24(30)32-25(2,3)4)21-17-31-15-12-22(21)26-16-19-10-13-28(14-11-19)23(29)20-8-6-5-7-9-20/h5-9,18-19,21-22,26H,10-17H2,1-4H3,(H,27,30). The van der Waals surface area contributed by atoms with E-state index in [1.54, 1.807) is 0 Å². The van der Waals surface area contributed by atoms with Gasteiger partial charge in [-0.3, -0.25) is 4.79 Å². The average Bonchev–Trinajstić information content (AvgIpc) is 2.77. The monoisotopic (exact) mass is 445 g/mol. The van der Waals surface area contributed by atoms with Gasteiger partial charge >= 0.3 is 6.09 Å². The molecule has 0 bridgehead atoms. The topological polar surface area (TPSA) is 79.9 Å². The molecule has 7 nitrogen and oxygen atoms in total. The first-order valence-electron chi connectivity index (χ1n) is 11.9. The Morgan fingerprint density at radius 1 is 1.16 bits per heavy atom.